The first-order chi connectivity index (χ1) is 16.8. The van der Waals surface area contributed by atoms with E-state index in [1.54, 1.807) is 24.3 Å². The predicted octanol–water partition coefficient (Wildman–Crippen LogP) is 5.29. The molecule has 1 N–H and O–H groups in total. The van der Waals surface area contributed by atoms with Crippen LogP contribution in [0.4, 0.5) is 5.69 Å². The average molecular weight is 514 g/mol. The number of nitro groups is 1. The van der Waals surface area contributed by atoms with Crippen molar-refractivity contribution in [2.75, 3.05) is 7.11 Å². The van der Waals surface area contributed by atoms with Gasteiger partial charge in [-0.25, -0.2) is 10.2 Å². The van der Waals surface area contributed by atoms with Crippen LogP contribution in [0, 0.1) is 10.1 Å². The number of benzene rings is 3. The van der Waals surface area contributed by atoms with Gasteiger partial charge in [0.1, 0.15) is 5.75 Å². The van der Waals surface area contributed by atoms with Crippen LogP contribution < -0.4 is 14.9 Å². The second kappa shape index (κ2) is 11.8. The predicted molar refractivity (Wildman–Crippen MR) is 132 cm³/mol. The van der Waals surface area contributed by atoms with Gasteiger partial charge in [-0.15, -0.1) is 0 Å². The summed E-state index contributed by atoms with van der Waals surface area (Å²) in [6.07, 6.45) is 3.73. The molecule has 9 nitrogen and oxygen atoms in total. The highest BCUT2D eigenvalue weighted by Crippen LogP contribution is 2.30. The second-order valence-electron chi connectivity index (χ2n) is 6.80. The van der Waals surface area contributed by atoms with Gasteiger partial charge >= 0.3 is 11.7 Å². The van der Waals surface area contributed by atoms with E-state index in [1.165, 1.54) is 49.6 Å². The molecule has 3 aromatic carbocycles. The van der Waals surface area contributed by atoms with Crippen LogP contribution in [0.3, 0.4) is 0 Å². The number of methoxy groups -OCH3 is 1. The van der Waals surface area contributed by atoms with Gasteiger partial charge in [0.2, 0.25) is 5.75 Å². The fourth-order valence-electron chi connectivity index (χ4n) is 2.81. The summed E-state index contributed by atoms with van der Waals surface area (Å²) in [6, 6.07) is 15.2. The zero-order valence-electron chi connectivity index (χ0n) is 18.1. The lowest BCUT2D eigenvalue weighted by atomic mass is 10.2. The van der Waals surface area contributed by atoms with E-state index in [2.05, 4.69) is 10.5 Å². The third-order valence-corrected chi connectivity index (χ3v) is 5.05. The highest BCUT2D eigenvalue weighted by Gasteiger charge is 2.20. The van der Waals surface area contributed by atoms with E-state index in [4.69, 9.17) is 32.7 Å². The molecular weight excluding hydrogens is 497 g/mol. The Labute approximate surface area is 209 Å². The molecule has 0 aliphatic rings. The Balaban J connectivity index is 1.78. The first kappa shape index (κ1) is 25.4. The number of carbonyl (C=O) groups is 2. The topological polar surface area (TPSA) is 120 Å². The number of nitrogens with one attached hydrogen (secondary N) is 1. The SMILES string of the molecule is COc1ccc(/C=C/C(=O)Oc2c(/C=N/NC(=O)c3ccc(Cl)cc3Cl)cccc2[N+](=O)[O-])cc1. The van der Waals surface area contributed by atoms with Crippen LogP contribution in [0.15, 0.2) is 71.8 Å². The van der Waals surface area contributed by atoms with Gasteiger partial charge in [-0.2, -0.15) is 5.10 Å². The second-order valence-corrected chi connectivity index (χ2v) is 7.65. The summed E-state index contributed by atoms with van der Waals surface area (Å²) in [6.45, 7) is 0. The van der Waals surface area contributed by atoms with Crippen LogP contribution in [0.5, 0.6) is 11.5 Å². The van der Waals surface area contributed by atoms with E-state index in [0.717, 1.165) is 12.3 Å². The smallest absolute Gasteiger partial charge is 0.336 e. The Morgan fingerprint density at radius 2 is 1.83 bits per heavy atom. The fourth-order valence-corrected chi connectivity index (χ4v) is 3.30. The van der Waals surface area contributed by atoms with Crippen LogP contribution in [-0.2, 0) is 4.79 Å². The summed E-state index contributed by atoms with van der Waals surface area (Å²) in [5.74, 6) is -1.15. The minimum Gasteiger partial charge on any atom is -0.497 e. The van der Waals surface area contributed by atoms with Crippen molar-refractivity contribution in [3.05, 3.63) is 104 Å². The monoisotopic (exact) mass is 513 g/mol. The molecule has 0 aromatic heterocycles. The number of ether oxygens (including phenoxy) is 2. The molecular formula is C24H17Cl2N3O6. The first-order valence-electron chi connectivity index (χ1n) is 9.88. The Morgan fingerprint density at radius 1 is 1.09 bits per heavy atom. The van der Waals surface area contributed by atoms with E-state index >= 15 is 0 Å². The number of carbonyl (C=O) groups excluding carboxylic acids is 2. The largest absolute Gasteiger partial charge is 0.497 e. The van der Waals surface area contributed by atoms with Crippen LogP contribution in [-0.4, -0.2) is 30.1 Å². The molecule has 3 aromatic rings. The third kappa shape index (κ3) is 6.89. The van der Waals surface area contributed by atoms with E-state index in [1.807, 2.05) is 0 Å². The lowest BCUT2D eigenvalue weighted by molar-refractivity contribution is -0.385. The van der Waals surface area contributed by atoms with Gasteiger partial charge in [-0.05, 0) is 48.0 Å². The van der Waals surface area contributed by atoms with Crippen molar-refractivity contribution < 1.29 is 24.0 Å². The summed E-state index contributed by atoms with van der Waals surface area (Å²) in [5.41, 5.74) is 2.72. The standard InChI is InChI=1S/C24H17Cl2N3O6/c1-34-18-9-5-15(6-10-18)7-12-22(30)35-23-16(3-2-4-21(23)29(32)33)14-27-28-24(31)19-11-8-17(25)13-20(19)26/h2-14H,1H3,(H,28,31)/b12-7+,27-14+. The van der Waals surface area contributed by atoms with Gasteiger partial charge in [0.05, 0.1) is 28.8 Å². The van der Waals surface area contributed by atoms with E-state index in [-0.39, 0.29) is 21.9 Å². The van der Waals surface area contributed by atoms with Crippen LogP contribution in [0.1, 0.15) is 21.5 Å². The van der Waals surface area contributed by atoms with Crippen molar-refractivity contribution in [2.45, 2.75) is 0 Å². The van der Waals surface area contributed by atoms with Crippen molar-refractivity contribution in [3.63, 3.8) is 0 Å². The molecule has 1 amide bonds. The molecule has 0 radical (unpaired) electrons. The number of amides is 1. The van der Waals surface area contributed by atoms with Crippen molar-refractivity contribution in [1.29, 1.82) is 0 Å². The Bertz CT molecular complexity index is 1320. The maximum absolute atomic E-state index is 12.4. The lowest BCUT2D eigenvalue weighted by Gasteiger charge is -2.07. The number of hydrazone groups is 1. The molecule has 178 valence electrons. The maximum atomic E-state index is 12.4. The molecule has 0 unspecified atom stereocenters. The van der Waals surface area contributed by atoms with Gasteiger partial charge in [0.25, 0.3) is 5.91 Å². The molecule has 11 heteroatoms. The molecule has 0 saturated heterocycles. The first-order valence-corrected chi connectivity index (χ1v) is 10.6. The molecule has 0 aliphatic carbocycles. The molecule has 0 saturated carbocycles. The number of hydrogen-bond donors (Lipinski definition) is 1. The Hall–Kier alpha value is -4.21. The maximum Gasteiger partial charge on any atom is 0.336 e. The van der Waals surface area contributed by atoms with Gasteiger partial charge < -0.3 is 9.47 Å². The molecule has 35 heavy (non-hydrogen) atoms. The summed E-state index contributed by atoms with van der Waals surface area (Å²) in [4.78, 5) is 35.5. The number of para-hydroxylation sites is 1. The van der Waals surface area contributed by atoms with Crippen LogP contribution in [0.25, 0.3) is 6.08 Å². The minimum atomic E-state index is -0.846. The number of halogens is 2. The molecule has 0 aliphatic heterocycles. The van der Waals surface area contributed by atoms with Gasteiger partial charge in [-0.1, -0.05) is 41.4 Å². The molecule has 0 atom stereocenters. The number of nitro benzene ring substituents is 1. The van der Waals surface area contributed by atoms with Crippen molar-refractivity contribution >= 4 is 53.1 Å². The highest BCUT2D eigenvalue weighted by atomic mass is 35.5. The molecule has 0 bridgehead atoms. The molecule has 3 rings (SSSR count). The lowest BCUT2D eigenvalue weighted by Crippen LogP contribution is -2.18. The highest BCUT2D eigenvalue weighted by molar-refractivity contribution is 6.36. The van der Waals surface area contributed by atoms with E-state index in [9.17, 15) is 19.7 Å². The van der Waals surface area contributed by atoms with Crippen LogP contribution in [0.2, 0.25) is 10.0 Å². The van der Waals surface area contributed by atoms with Gasteiger partial charge in [0, 0.05) is 22.7 Å². The van der Waals surface area contributed by atoms with Crippen molar-refractivity contribution in [3.8, 4) is 11.5 Å². The fraction of sp³-hybridized carbons (Fsp3) is 0.0417. The molecule has 0 fully saturated rings. The van der Waals surface area contributed by atoms with E-state index < -0.39 is 22.5 Å². The Morgan fingerprint density at radius 3 is 2.49 bits per heavy atom. The van der Waals surface area contributed by atoms with Gasteiger partial charge in [-0.3, -0.25) is 14.9 Å². The van der Waals surface area contributed by atoms with Crippen molar-refractivity contribution in [1.82, 2.24) is 5.43 Å². The number of nitrogens with zero attached hydrogens (tertiary/aromatic N) is 2. The number of rotatable bonds is 8. The van der Waals surface area contributed by atoms with E-state index in [0.29, 0.717) is 16.3 Å². The van der Waals surface area contributed by atoms with Gasteiger partial charge in [0.15, 0.2) is 0 Å². The summed E-state index contributed by atoms with van der Waals surface area (Å²) in [5, 5.41) is 15.8. The normalized spacial score (nSPS) is 10.9. The summed E-state index contributed by atoms with van der Waals surface area (Å²) in [7, 11) is 1.54. The number of hydrogen-bond acceptors (Lipinski definition) is 7. The third-order valence-electron chi connectivity index (χ3n) is 4.50. The van der Waals surface area contributed by atoms with Crippen LogP contribution >= 0.6 is 23.2 Å². The quantitative estimate of drug-likeness (QED) is 0.109. The zero-order chi connectivity index (χ0) is 25.4. The summed E-state index contributed by atoms with van der Waals surface area (Å²) < 4.78 is 10.3. The summed E-state index contributed by atoms with van der Waals surface area (Å²) >= 11 is 11.8. The Kier molecular flexibility index (Phi) is 8.55. The number of esters is 1. The minimum absolute atomic E-state index is 0.0906. The zero-order valence-corrected chi connectivity index (χ0v) is 19.6. The van der Waals surface area contributed by atoms with Crippen molar-refractivity contribution in [2.24, 2.45) is 5.10 Å². The molecule has 0 spiro atoms. The average Bonchev–Trinajstić information content (AvgIpc) is 2.83. The molecule has 0 heterocycles.